The smallest absolute Gasteiger partial charge is 0.0537 e. The van der Waals surface area contributed by atoms with Gasteiger partial charge in [-0.3, -0.25) is 4.90 Å². The Labute approximate surface area is 123 Å². The number of benzene rings is 1. The lowest BCUT2D eigenvalue weighted by Crippen LogP contribution is -2.46. The molecule has 0 bridgehead atoms. The average molecular weight is 276 g/mol. The van der Waals surface area contributed by atoms with Crippen LogP contribution >= 0.6 is 0 Å². The lowest BCUT2D eigenvalue weighted by atomic mass is 9.82. The molecule has 1 N–H and O–H groups in total. The van der Waals surface area contributed by atoms with Gasteiger partial charge in [-0.15, -0.1) is 0 Å². The third-order valence-corrected chi connectivity index (χ3v) is 4.45. The summed E-state index contributed by atoms with van der Waals surface area (Å²) in [6, 6.07) is 11.0. The molecule has 0 amide bonds. The number of likely N-dealkylation sites (N-methyl/N-ethyl adjacent to an activating group) is 1. The van der Waals surface area contributed by atoms with Crippen molar-refractivity contribution in [2.45, 2.75) is 31.2 Å². The third kappa shape index (κ3) is 3.60. The van der Waals surface area contributed by atoms with E-state index < -0.39 is 0 Å². The summed E-state index contributed by atoms with van der Waals surface area (Å²) in [6.07, 6.45) is 2.54. The first-order valence-corrected chi connectivity index (χ1v) is 7.60. The fraction of sp³-hybridized carbons (Fsp3) is 0.647. The van der Waals surface area contributed by atoms with E-state index >= 15 is 0 Å². The topological polar surface area (TPSA) is 26.7 Å². The molecule has 0 aliphatic carbocycles. The van der Waals surface area contributed by atoms with Gasteiger partial charge in [0.2, 0.25) is 0 Å². The molecule has 112 valence electrons. The highest BCUT2D eigenvalue weighted by Crippen LogP contribution is 2.28. The van der Waals surface area contributed by atoms with Crippen molar-refractivity contribution in [1.82, 2.24) is 9.80 Å². The van der Waals surface area contributed by atoms with Gasteiger partial charge in [-0.25, -0.2) is 0 Å². The zero-order chi connectivity index (χ0) is 14.6. The summed E-state index contributed by atoms with van der Waals surface area (Å²) in [6.45, 7) is 5.57. The fourth-order valence-electron chi connectivity index (χ4n) is 3.25. The van der Waals surface area contributed by atoms with Gasteiger partial charge < -0.3 is 10.0 Å². The Hall–Kier alpha value is -0.900. The van der Waals surface area contributed by atoms with E-state index in [1.54, 1.807) is 0 Å². The first-order chi connectivity index (χ1) is 9.55. The molecule has 20 heavy (non-hydrogen) atoms. The lowest BCUT2D eigenvalue weighted by molar-refractivity contribution is 0.125. The first-order valence-electron chi connectivity index (χ1n) is 7.60. The van der Waals surface area contributed by atoms with Crippen molar-refractivity contribution in [3.8, 4) is 0 Å². The van der Waals surface area contributed by atoms with E-state index in [-0.39, 0.29) is 12.0 Å². The number of hydrogen-bond donors (Lipinski definition) is 1. The largest absolute Gasteiger partial charge is 0.395 e. The molecule has 0 saturated carbocycles. The number of hydrogen-bond acceptors (Lipinski definition) is 3. The number of likely N-dealkylation sites (tertiary alicyclic amines) is 1. The first kappa shape index (κ1) is 15.5. The van der Waals surface area contributed by atoms with Crippen LogP contribution < -0.4 is 0 Å². The fourth-order valence-corrected chi connectivity index (χ4v) is 3.25. The molecular weight excluding hydrogens is 248 g/mol. The molecule has 0 spiro atoms. The Balaban J connectivity index is 2.09. The molecule has 0 aromatic heterocycles. The van der Waals surface area contributed by atoms with Crippen LogP contribution in [0.3, 0.4) is 0 Å². The van der Waals surface area contributed by atoms with Gasteiger partial charge >= 0.3 is 0 Å². The maximum Gasteiger partial charge on any atom is 0.0537 e. The van der Waals surface area contributed by atoms with E-state index in [1.165, 1.54) is 18.4 Å². The quantitative estimate of drug-likeness (QED) is 0.860. The van der Waals surface area contributed by atoms with E-state index in [0.29, 0.717) is 6.04 Å². The van der Waals surface area contributed by atoms with E-state index in [2.05, 4.69) is 55.1 Å². The third-order valence-electron chi connectivity index (χ3n) is 4.45. The van der Waals surface area contributed by atoms with Gasteiger partial charge in [-0.05, 0) is 39.0 Å². The van der Waals surface area contributed by atoms with Gasteiger partial charge in [0.1, 0.15) is 0 Å². The summed E-state index contributed by atoms with van der Waals surface area (Å²) in [5.41, 5.74) is 1.06. The zero-order valence-electron chi connectivity index (χ0n) is 13.0. The summed E-state index contributed by atoms with van der Waals surface area (Å²) in [5, 5.41) is 9.93. The van der Waals surface area contributed by atoms with Crippen LogP contribution in [0.15, 0.2) is 30.3 Å². The van der Waals surface area contributed by atoms with Gasteiger partial charge in [0, 0.05) is 24.5 Å². The van der Waals surface area contributed by atoms with E-state index in [1.807, 2.05) is 6.07 Å². The van der Waals surface area contributed by atoms with Crippen molar-refractivity contribution in [2.75, 3.05) is 40.3 Å². The Morgan fingerprint density at radius 1 is 1.30 bits per heavy atom. The second-order valence-corrected chi connectivity index (χ2v) is 6.61. The molecular formula is C17H28N2O. The van der Waals surface area contributed by atoms with Crippen LogP contribution in [0, 0.1) is 0 Å². The van der Waals surface area contributed by atoms with Crippen LogP contribution in [0.1, 0.15) is 25.3 Å². The summed E-state index contributed by atoms with van der Waals surface area (Å²) in [4.78, 5) is 4.82. The van der Waals surface area contributed by atoms with Crippen LogP contribution in [0.25, 0.3) is 0 Å². The molecule has 2 atom stereocenters. The van der Waals surface area contributed by atoms with Crippen molar-refractivity contribution in [3.05, 3.63) is 35.9 Å². The number of aliphatic hydroxyl groups excluding tert-OH is 1. The van der Waals surface area contributed by atoms with Gasteiger partial charge in [0.25, 0.3) is 0 Å². The minimum absolute atomic E-state index is 0.170. The molecule has 1 fully saturated rings. The zero-order valence-corrected chi connectivity index (χ0v) is 13.0. The second kappa shape index (κ2) is 6.70. The highest BCUT2D eigenvalue weighted by molar-refractivity contribution is 5.25. The minimum atomic E-state index is -0.170. The second-order valence-electron chi connectivity index (χ2n) is 6.61. The molecule has 1 aromatic rings. The molecule has 1 aromatic carbocycles. The van der Waals surface area contributed by atoms with Gasteiger partial charge in [0.15, 0.2) is 0 Å². The van der Waals surface area contributed by atoms with Crippen LogP contribution in [0.4, 0.5) is 0 Å². The Morgan fingerprint density at radius 3 is 2.60 bits per heavy atom. The molecule has 1 saturated heterocycles. The highest BCUT2D eigenvalue weighted by atomic mass is 16.3. The van der Waals surface area contributed by atoms with Crippen LogP contribution in [-0.2, 0) is 5.41 Å². The summed E-state index contributed by atoms with van der Waals surface area (Å²) < 4.78 is 0. The summed E-state index contributed by atoms with van der Waals surface area (Å²) in [5.74, 6) is 0. The molecule has 3 heteroatoms. The maximum atomic E-state index is 9.93. The molecule has 1 aliphatic heterocycles. The van der Waals surface area contributed by atoms with Crippen LogP contribution in [-0.4, -0.2) is 61.3 Å². The summed E-state index contributed by atoms with van der Waals surface area (Å²) >= 11 is 0. The van der Waals surface area contributed by atoms with E-state index in [0.717, 1.165) is 19.6 Å². The van der Waals surface area contributed by atoms with E-state index in [9.17, 15) is 5.11 Å². The van der Waals surface area contributed by atoms with Crippen molar-refractivity contribution in [1.29, 1.82) is 0 Å². The van der Waals surface area contributed by atoms with Gasteiger partial charge in [-0.1, -0.05) is 37.3 Å². The molecule has 3 nitrogen and oxygen atoms in total. The predicted octanol–water partition coefficient (Wildman–Crippen LogP) is 1.96. The van der Waals surface area contributed by atoms with Crippen molar-refractivity contribution < 1.29 is 5.11 Å². The number of nitrogens with zero attached hydrogens (tertiary/aromatic N) is 2. The normalized spacial score (nSPS) is 23.1. The molecule has 1 aliphatic rings. The standard InChI is InChI=1S/C17H28N2O/c1-17(14-20,15-8-5-4-6-9-15)13-19-11-7-10-16(19)12-18(2)3/h4-6,8-9,16,20H,7,10-14H2,1-3H3. The van der Waals surface area contributed by atoms with Crippen LogP contribution in [0.2, 0.25) is 0 Å². The highest BCUT2D eigenvalue weighted by Gasteiger charge is 2.33. The lowest BCUT2D eigenvalue weighted by Gasteiger charge is -2.36. The predicted molar refractivity (Wildman–Crippen MR) is 84.0 cm³/mol. The van der Waals surface area contributed by atoms with Gasteiger partial charge in [0.05, 0.1) is 6.61 Å². The van der Waals surface area contributed by atoms with Crippen molar-refractivity contribution in [3.63, 3.8) is 0 Å². The van der Waals surface area contributed by atoms with Crippen LogP contribution in [0.5, 0.6) is 0 Å². The Bertz CT molecular complexity index is 407. The Kier molecular flexibility index (Phi) is 5.19. The SMILES string of the molecule is CN(C)CC1CCCN1CC(C)(CO)c1ccccc1. The van der Waals surface area contributed by atoms with Crippen molar-refractivity contribution >= 4 is 0 Å². The number of rotatable bonds is 6. The molecule has 1 heterocycles. The Morgan fingerprint density at radius 2 is 2.00 bits per heavy atom. The van der Waals surface area contributed by atoms with Gasteiger partial charge in [-0.2, -0.15) is 0 Å². The number of aliphatic hydroxyl groups is 1. The molecule has 2 unspecified atom stereocenters. The van der Waals surface area contributed by atoms with Crippen molar-refractivity contribution in [2.24, 2.45) is 0 Å². The van der Waals surface area contributed by atoms with E-state index in [4.69, 9.17) is 0 Å². The maximum absolute atomic E-state index is 9.93. The minimum Gasteiger partial charge on any atom is -0.395 e. The molecule has 2 rings (SSSR count). The average Bonchev–Trinajstić information content (AvgIpc) is 2.86. The monoisotopic (exact) mass is 276 g/mol. The molecule has 0 radical (unpaired) electrons. The summed E-state index contributed by atoms with van der Waals surface area (Å²) in [7, 11) is 4.28.